The summed E-state index contributed by atoms with van der Waals surface area (Å²) < 4.78 is 9.06. The van der Waals surface area contributed by atoms with Crippen LogP contribution in [0.1, 0.15) is 5.56 Å². The molecular weight excluding hydrogens is 254 g/mol. The van der Waals surface area contributed by atoms with Crippen molar-refractivity contribution in [2.24, 2.45) is 7.05 Å². The maximum atomic E-state index is 6.00. The predicted molar refractivity (Wildman–Crippen MR) is 77.6 cm³/mol. The molecule has 3 rings (SSSR count). The molecule has 20 heavy (non-hydrogen) atoms. The van der Waals surface area contributed by atoms with Gasteiger partial charge in [0.1, 0.15) is 5.75 Å². The molecule has 0 radical (unpaired) electrons. The maximum Gasteiger partial charge on any atom is 0.201 e. The highest BCUT2D eigenvalue weighted by atomic mass is 16.5. The van der Waals surface area contributed by atoms with E-state index in [0.717, 1.165) is 29.7 Å². The second-order valence-corrected chi connectivity index (χ2v) is 4.75. The van der Waals surface area contributed by atoms with Crippen molar-refractivity contribution in [1.82, 2.24) is 19.3 Å². The smallest absolute Gasteiger partial charge is 0.201 e. The van der Waals surface area contributed by atoms with Gasteiger partial charge in [-0.3, -0.25) is 4.68 Å². The molecule has 0 atom stereocenters. The summed E-state index contributed by atoms with van der Waals surface area (Å²) in [6.45, 7) is 0.765. The van der Waals surface area contributed by atoms with Gasteiger partial charge in [0.25, 0.3) is 0 Å². The third-order valence-corrected chi connectivity index (χ3v) is 3.37. The highest BCUT2D eigenvalue weighted by Gasteiger charge is 2.09. The first-order valence-electron chi connectivity index (χ1n) is 6.44. The molecule has 0 bridgehead atoms. The fourth-order valence-electron chi connectivity index (χ4n) is 2.33. The number of anilines is 1. The number of methoxy groups -OCH3 is 1. The number of ether oxygens (including phenoxy) is 1. The van der Waals surface area contributed by atoms with E-state index in [-0.39, 0.29) is 0 Å². The van der Waals surface area contributed by atoms with Crippen LogP contribution in [0.4, 0.5) is 5.95 Å². The normalized spacial score (nSPS) is 11.1. The number of aryl methyl sites for hydroxylation is 3. The van der Waals surface area contributed by atoms with Crippen LogP contribution in [0.15, 0.2) is 30.6 Å². The fraction of sp³-hybridized carbons (Fsp3) is 0.286. The quantitative estimate of drug-likeness (QED) is 0.782. The van der Waals surface area contributed by atoms with E-state index >= 15 is 0 Å². The molecule has 0 amide bonds. The van der Waals surface area contributed by atoms with Crippen LogP contribution >= 0.6 is 0 Å². The molecule has 0 spiro atoms. The molecule has 0 saturated heterocycles. The zero-order valence-corrected chi connectivity index (χ0v) is 11.6. The van der Waals surface area contributed by atoms with Crippen LogP contribution in [0.5, 0.6) is 5.75 Å². The summed E-state index contributed by atoms with van der Waals surface area (Å²) in [7, 11) is 3.57. The molecule has 0 saturated carbocycles. The van der Waals surface area contributed by atoms with E-state index in [0.29, 0.717) is 5.95 Å². The number of nitrogens with two attached hydrogens (primary N) is 1. The summed E-state index contributed by atoms with van der Waals surface area (Å²) in [4.78, 5) is 4.37. The van der Waals surface area contributed by atoms with E-state index < -0.39 is 0 Å². The standard InChI is InChI=1S/C14H17N5O/c1-18-9-10(8-16-18)5-6-19-13-7-11(20-2)3-4-12(13)17-14(19)15/h3-4,7-9H,5-6H2,1-2H3,(H2,15,17). The Morgan fingerprint density at radius 1 is 1.35 bits per heavy atom. The first-order valence-corrected chi connectivity index (χ1v) is 6.44. The zero-order chi connectivity index (χ0) is 14.1. The Morgan fingerprint density at radius 2 is 2.20 bits per heavy atom. The number of rotatable bonds is 4. The van der Waals surface area contributed by atoms with Gasteiger partial charge in [-0.05, 0) is 24.1 Å². The number of benzene rings is 1. The Labute approximate surface area is 116 Å². The van der Waals surface area contributed by atoms with E-state index in [1.54, 1.807) is 11.8 Å². The summed E-state index contributed by atoms with van der Waals surface area (Å²) in [6, 6.07) is 5.77. The minimum absolute atomic E-state index is 0.525. The fourth-order valence-corrected chi connectivity index (χ4v) is 2.33. The Hall–Kier alpha value is -2.50. The number of aromatic nitrogens is 4. The van der Waals surface area contributed by atoms with Crippen LogP contribution < -0.4 is 10.5 Å². The number of nitrogen functional groups attached to an aromatic ring is 1. The van der Waals surface area contributed by atoms with Crippen molar-refractivity contribution in [1.29, 1.82) is 0 Å². The van der Waals surface area contributed by atoms with Crippen LogP contribution in [0.25, 0.3) is 11.0 Å². The van der Waals surface area contributed by atoms with Crippen molar-refractivity contribution >= 4 is 17.0 Å². The van der Waals surface area contributed by atoms with Crippen LogP contribution in [-0.2, 0) is 20.0 Å². The number of hydrogen-bond donors (Lipinski definition) is 1. The van der Waals surface area contributed by atoms with Crippen molar-refractivity contribution in [3.8, 4) is 5.75 Å². The Balaban J connectivity index is 1.91. The molecule has 0 aliphatic rings. The Morgan fingerprint density at radius 3 is 2.90 bits per heavy atom. The molecule has 6 heteroatoms. The van der Waals surface area contributed by atoms with Crippen molar-refractivity contribution in [2.75, 3.05) is 12.8 Å². The lowest BCUT2D eigenvalue weighted by Crippen LogP contribution is -2.05. The van der Waals surface area contributed by atoms with Gasteiger partial charge in [0.15, 0.2) is 0 Å². The molecule has 0 aliphatic heterocycles. The van der Waals surface area contributed by atoms with E-state index in [9.17, 15) is 0 Å². The first kappa shape index (κ1) is 12.5. The summed E-state index contributed by atoms with van der Waals surface area (Å²) in [5.41, 5.74) is 9.06. The van der Waals surface area contributed by atoms with Gasteiger partial charge in [0.2, 0.25) is 5.95 Å². The second kappa shape index (κ2) is 4.88. The minimum atomic E-state index is 0.525. The lowest BCUT2D eigenvalue weighted by Gasteiger charge is -2.06. The average Bonchev–Trinajstić information content (AvgIpc) is 2.98. The Bertz CT molecular complexity index is 743. The van der Waals surface area contributed by atoms with Crippen LogP contribution in [0, 0.1) is 0 Å². The zero-order valence-electron chi connectivity index (χ0n) is 11.6. The summed E-state index contributed by atoms with van der Waals surface area (Å²) in [5, 5.41) is 4.17. The third-order valence-electron chi connectivity index (χ3n) is 3.37. The summed E-state index contributed by atoms with van der Waals surface area (Å²) >= 11 is 0. The molecule has 3 aromatic rings. The molecule has 0 unspecified atom stereocenters. The van der Waals surface area contributed by atoms with Gasteiger partial charge in [-0.2, -0.15) is 5.10 Å². The monoisotopic (exact) mass is 271 g/mol. The molecular formula is C14H17N5O. The summed E-state index contributed by atoms with van der Waals surface area (Å²) in [6.07, 6.45) is 4.74. The lowest BCUT2D eigenvalue weighted by molar-refractivity contribution is 0.415. The van der Waals surface area contributed by atoms with E-state index in [2.05, 4.69) is 10.1 Å². The molecule has 2 heterocycles. The molecule has 104 valence electrons. The van der Waals surface area contributed by atoms with Crippen molar-refractivity contribution in [3.63, 3.8) is 0 Å². The Kier molecular flexibility index (Phi) is 3.06. The first-order chi connectivity index (χ1) is 9.67. The van der Waals surface area contributed by atoms with Gasteiger partial charge in [-0.1, -0.05) is 0 Å². The van der Waals surface area contributed by atoms with E-state index in [4.69, 9.17) is 10.5 Å². The van der Waals surface area contributed by atoms with Gasteiger partial charge in [0.05, 0.1) is 24.3 Å². The third kappa shape index (κ3) is 2.20. The second-order valence-electron chi connectivity index (χ2n) is 4.75. The number of nitrogens with zero attached hydrogens (tertiary/aromatic N) is 4. The topological polar surface area (TPSA) is 70.9 Å². The largest absolute Gasteiger partial charge is 0.497 e. The SMILES string of the molecule is COc1ccc2nc(N)n(CCc3cnn(C)c3)c2c1. The van der Waals surface area contributed by atoms with Crippen molar-refractivity contribution in [2.45, 2.75) is 13.0 Å². The van der Waals surface area contributed by atoms with Gasteiger partial charge < -0.3 is 15.0 Å². The van der Waals surface area contributed by atoms with Gasteiger partial charge in [-0.15, -0.1) is 0 Å². The van der Waals surface area contributed by atoms with E-state index in [1.165, 1.54) is 5.56 Å². The minimum Gasteiger partial charge on any atom is -0.497 e. The van der Waals surface area contributed by atoms with Crippen LogP contribution in [-0.4, -0.2) is 26.4 Å². The molecule has 1 aromatic carbocycles. The van der Waals surface area contributed by atoms with Crippen molar-refractivity contribution < 1.29 is 4.74 Å². The molecule has 2 aromatic heterocycles. The van der Waals surface area contributed by atoms with Gasteiger partial charge in [0, 0.05) is 25.9 Å². The van der Waals surface area contributed by atoms with Crippen LogP contribution in [0.3, 0.4) is 0 Å². The summed E-state index contributed by atoms with van der Waals surface area (Å²) in [5.74, 6) is 1.33. The molecule has 0 fully saturated rings. The average molecular weight is 271 g/mol. The molecule has 0 aliphatic carbocycles. The highest BCUT2D eigenvalue weighted by molar-refractivity contribution is 5.79. The number of fused-ring (bicyclic) bond motifs is 1. The number of hydrogen-bond acceptors (Lipinski definition) is 4. The van der Waals surface area contributed by atoms with E-state index in [1.807, 2.05) is 42.2 Å². The van der Waals surface area contributed by atoms with Gasteiger partial charge >= 0.3 is 0 Å². The highest BCUT2D eigenvalue weighted by Crippen LogP contribution is 2.23. The lowest BCUT2D eigenvalue weighted by atomic mass is 10.2. The maximum absolute atomic E-state index is 6.00. The van der Waals surface area contributed by atoms with Crippen LogP contribution in [0.2, 0.25) is 0 Å². The molecule has 2 N–H and O–H groups in total. The van der Waals surface area contributed by atoms with Crippen molar-refractivity contribution in [3.05, 3.63) is 36.2 Å². The van der Waals surface area contributed by atoms with Gasteiger partial charge in [-0.25, -0.2) is 4.98 Å². The number of imidazole rings is 1. The molecule has 6 nitrogen and oxygen atoms in total. The predicted octanol–water partition coefficient (Wildman–Crippen LogP) is 1.60.